The lowest BCUT2D eigenvalue weighted by Gasteiger charge is -2.30. The molecular formula is C13H22N4O. The fourth-order valence-electron chi connectivity index (χ4n) is 2.88. The van der Waals surface area contributed by atoms with Gasteiger partial charge in [-0.3, -0.25) is 4.90 Å². The van der Waals surface area contributed by atoms with Gasteiger partial charge in [-0.25, -0.2) is 0 Å². The molecule has 0 amide bonds. The molecule has 5 nitrogen and oxygen atoms in total. The van der Waals surface area contributed by atoms with E-state index in [1.165, 1.54) is 25.7 Å². The third-order valence-corrected chi connectivity index (χ3v) is 4.29. The Labute approximate surface area is 108 Å². The largest absolute Gasteiger partial charge is 0.339 e. The Morgan fingerprint density at radius 3 is 3.00 bits per heavy atom. The van der Waals surface area contributed by atoms with Crippen molar-refractivity contribution in [1.82, 2.24) is 20.4 Å². The minimum atomic E-state index is 0.223. The van der Waals surface area contributed by atoms with Crippen LogP contribution in [0, 0.1) is 0 Å². The number of nitrogens with one attached hydrogen (secondary N) is 1. The molecule has 0 spiro atoms. The zero-order chi connectivity index (χ0) is 12.6. The van der Waals surface area contributed by atoms with E-state index in [1.807, 2.05) is 0 Å². The molecule has 3 rings (SSSR count). The van der Waals surface area contributed by atoms with Gasteiger partial charge in [-0.2, -0.15) is 4.98 Å². The minimum Gasteiger partial charge on any atom is -0.339 e. The molecule has 1 aromatic heterocycles. The summed E-state index contributed by atoms with van der Waals surface area (Å²) in [5.41, 5.74) is 0.223. The minimum absolute atomic E-state index is 0.223. The lowest BCUT2D eigenvalue weighted by Crippen LogP contribution is -2.44. The van der Waals surface area contributed by atoms with Gasteiger partial charge in [0.05, 0.1) is 6.04 Å². The average Bonchev–Trinajstić information content (AvgIpc) is 2.99. The molecule has 2 aliphatic rings. The molecule has 1 saturated heterocycles. The van der Waals surface area contributed by atoms with Crippen molar-refractivity contribution in [2.75, 3.05) is 26.7 Å². The van der Waals surface area contributed by atoms with Crippen LogP contribution >= 0.6 is 0 Å². The van der Waals surface area contributed by atoms with Crippen molar-refractivity contribution in [3.8, 4) is 0 Å². The third-order valence-electron chi connectivity index (χ3n) is 4.29. The number of rotatable bonds is 4. The monoisotopic (exact) mass is 250 g/mol. The van der Waals surface area contributed by atoms with E-state index in [9.17, 15) is 0 Å². The molecule has 1 N–H and O–H groups in total. The summed E-state index contributed by atoms with van der Waals surface area (Å²) in [4.78, 5) is 6.97. The second kappa shape index (κ2) is 4.63. The number of likely N-dealkylation sites (N-methyl/N-ethyl adjacent to an activating group) is 1. The molecule has 1 unspecified atom stereocenters. The van der Waals surface area contributed by atoms with Crippen molar-refractivity contribution >= 4 is 0 Å². The second-order valence-corrected chi connectivity index (χ2v) is 5.69. The topological polar surface area (TPSA) is 54.2 Å². The van der Waals surface area contributed by atoms with E-state index in [0.717, 1.165) is 31.3 Å². The van der Waals surface area contributed by atoms with Crippen LogP contribution in [0.4, 0.5) is 0 Å². The van der Waals surface area contributed by atoms with Gasteiger partial charge in [-0.15, -0.1) is 0 Å². The van der Waals surface area contributed by atoms with Gasteiger partial charge in [0, 0.05) is 25.0 Å². The standard InChI is InChI=1S/C13H22N4O/c1-3-4-13(5-6-13)12-15-11(16-18-12)10-9-14-7-8-17(10)2/h10,14H,3-9H2,1-2H3. The van der Waals surface area contributed by atoms with Crippen molar-refractivity contribution in [1.29, 1.82) is 0 Å². The number of nitrogens with zero attached hydrogens (tertiary/aromatic N) is 3. The van der Waals surface area contributed by atoms with Crippen molar-refractivity contribution in [3.05, 3.63) is 11.7 Å². The first-order valence-electron chi connectivity index (χ1n) is 7.00. The summed E-state index contributed by atoms with van der Waals surface area (Å²) < 4.78 is 5.53. The molecule has 2 fully saturated rings. The molecular weight excluding hydrogens is 228 g/mol. The summed E-state index contributed by atoms with van der Waals surface area (Å²) in [5, 5.41) is 7.60. The Hall–Kier alpha value is -0.940. The van der Waals surface area contributed by atoms with Crippen LogP contribution < -0.4 is 5.32 Å². The first kappa shape index (κ1) is 12.1. The Morgan fingerprint density at radius 2 is 2.33 bits per heavy atom. The Balaban J connectivity index is 1.77. The lowest BCUT2D eigenvalue weighted by molar-refractivity contribution is 0.190. The van der Waals surface area contributed by atoms with Gasteiger partial charge in [-0.05, 0) is 26.3 Å². The highest BCUT2D eigenvalue weighted by atomic mass is 16.5. The molecule has 1 aromatic rings. The normalized spacial score (nSPS) is 27.3. The van der Waals surface area contributed by atoms with Gasteiger partial charge in [0.2, 0.25) is 5.89 Å². The number of hydrogen-bond acceptors (Lipinski definition) is 5. The Morgan fingerprint density at radius 1 is 1.50 bits per heavy atom. The van der Waals surface area contributed by atoms with E-state index in [4.69, 9.17) is 4.52 Å². The first-order chi connectivity index (χ1) is 8.75. The van der Waals surface area contributed by atoms with E-state index in [1.54, 1.807) is 0 Å². The maximum atomic E-state index is 5.53. The van der Waals surface area contributed by atoms with Crippen molar-refractivity contribution in [2.45, 2.75) is 44.1 Å². The van der Waals surface area contributed by atoms with E-state index < -0.39 is 0 Å². The zero-order valence-electron chi connectivity index (χ0n) is 11.3. The zero-order valence-corrected chi connectivity index (χ0v) is 11.3. The van der Waals surface area contributed by atoms with Crippen LogP contribution in [0.3, 0.4) is 0 Å². The van der Waals surface area contributed by atoms with Gasteiger partial charge in [0.25, 0.3) is 0 Å². The van der Waals surface area contributed by atoms with Gasteiger partial charge < -0.3 is 9.84 Å². The molecule has 0 radical (unpaired) electrons. The van der Waals surface area contributed by atoms with Crippen molar-refractivity contribution < 1.29 is 4.52 Å². The van der Waals surface area contributed by atoms with E-state index in [0.29, 0.717) is 0 Å². The first-order valence-corrected chi connectivity index (χ1v) is 7.00. The van der Waals surface area contributed by atoms with Gasteiger partial charge in [0.1, 0.15) is 0 Å². The summed E-state index contributed by atoms with van der Waals surface area (Å²) in [6.07, 6.45) is 4.78. The summed E-state index contributed by atoms with van der Waals surface area (Å²) >= 11 is 0. The SMILES string of the molecule is CCCC1(c2nc(C3CNCCN3C)no2)CC1. The Kier molecular flexibility index (Phi) is 3.11. The van der Waals surface area contributed by atoms with Crippen LogP contribution in [-0.4, -0.2) is 41.7 Å². The van der Waals surface area contributed by atoms with Crippen molar-refractivity contribution in [3.63, 3.8) is 0 Å². The maximum Gasteiger partial charge on any atom is 0.232 e. The van der Waals surface area contributed by atoms with Crippen LogP contribution in [0.2, 0.25) is 0 Å². The number of hydrogen-bond donors (Lipinski definition) is 1. The molecule has 0 aromatic carbocycles. The van der Waals surface area contributed by atoms with Crippen LogP contribution in [0.25, 0.3) is 0 Å². The molecule has 5 heteroatoms. The molecule has 100 valence electrons. The lowest BCUT2D eigenvalue weighted by atomic mass is 10.0. The summed E-state index contributed by atoms with van der Waals surface area (Å²) in [7, 11) is 2.13. The van der Waals surface area contributed by atoms with Crippen LogP contribution in [0.15, 0.2) is 4.52 Å². The molecule has 1 atom stereocenters. The average molecular weight is 250 g/mol. The second-order valence-electron chi connectivity index (χ2n) is 5.69. The predicted octanol–water partition coefficient (Wildman–Crippen LogP) is 1.48. The molecule has 18 heavy (non-hydrogen) atoms. The van der Waals surface area contributed by atoms with Gasteiger partial charge >= 0.3 is 0 Å². The molecule has 2 heterocycles. The third kappa shape index (κ3) is 2.06. The van der Waals surface area contributed by atoms with Gasteiger partial charge in [-0.1, -0.05) is 18.5 Å². The van der Waals surface area contributed by atoms with Crippen LogP contribution in [-0.2, 0) is 5.41 Å². The fraction of sp³-hybridized carbons (Fsp3) is 0.846. The molecule has 1 aliphatic heterocycles. The van der Waals surface area contributed by atoms with E-state index in [-0.39, 0.29) is 11.5 Å². The summed E-state index contributed by atoms with van der Waals surface area (Å²) in [5.74, 6) is 1.72. The molecule has 0 bridgehead atoms. The van der Waals surface area contributed by atoms with Gasteiger partial charge in [0.15, 0.2) is 5.82 Å². The Bertz CT molecular complexity index is 413. The summed E-state index contributed by atoms with van der Waals surface area (Å²) in [6, 6.07) is 0.258. The van der Waals surface area contributed by atoms with E-state index >= 15 is 0 Å². The quantitative estimate of drug-likeness (QED) is 0.877. The number of aromatic nitrogens is 2. The highest BCUT2D eigenvalue weighted by Gasteiger charge is 2.48. The van der Waals surface area contributed by atoms with Crippen LogP contribution in [0.1, 0.15) is 50.4 Å². The summed E-state index contributed by atoms with van der Waals surface area (Å²) in [6.45, 7) is 5.21. The van der Waals surface area contributed by atoms with Crippen molar-refractivity contribution in [2.24, 2.45) is 0 Å². The molecule has 1 aliphatic carbocycles. The maximum absolute atomic E-state index is 5.53. The predicted molar refractivity (Wildman–Crippen MR) is 68.4 cm³/mol. The van der Waals surface area contributed by atoms with Crippen LogP contribution in [0.5, 0.6) is 0 Å². The number of piperazine rings is 1. The fourth-order valence-corrected chi connectivity index (χ4v) is 2.88. The highest BCUT2D eigenvalue weighted by Crippen LogP contribution is 2.51. The van der Waals surface area contributed by atoms with E-state index in [2.05, 4.69) is 34.3 Å². The highest BCUT2D eigenvalue weighted by molar-refractivity contribution is 5.16. The molecule has 1 saturated carbocycles. The smallest absolute Gasteiger partial charge is 0.232 e.